The molecule has 0 saturated heterocycles. The van der Waals surface area contributed by atoms with Gasteiger partial charge in [-0.3, -0.25) is 4.79 Å². The Hall–Kier alpha value is -2.78. The van der Waals surface area contributed by atoms with Crippen LogP contribution >= 0.6 is 28.3 Å². The third-order valence-corrected chi connectivity index (χ3v) is 5.77. The summed E-state index contributed by atoms with van der Waals surface area (Å²) in [5.74, 6) is 1.97. The van der Waals surface area contributed by atoms with Gasteiger partial charge in [-0.05, 0) is 36.2 Å². The molecule has 1 aromatic heterocycles. The monoisotopic (exact) mass is 505 g/mol. The number of hydrogen-bond donors (Lipinski definition) is 1. The van der Waals surface area contributed by atoms with Crippen LogP contribution in [0.1, 0.15) is 17.4 Å². The average Bonchev–Trinajstić information content (AvgIpc) is 3.24. The molecule has 1 aliphatic heterocycles. The molecule has 1 aliphatic rings. The number of aromatic nitrogens is 1. The van der Waals surface area contributed by atoms with Crippen molar-refractivity contribution in [3.05, 3.63) is 59.1 Å². The molecule has 0 bridgehead atoms. The van der Waals surface area contributed by atoms with Crippen molar-refractivity contribution in [1.29, 1.82) is 0 Å². The van der Waals surface area contributed by atoms with Gasteiger partial charge < -0.3 is 24.4 Å². The van der Waals surface area contributed by atoms with E-state index in [1.54, 1.807) is 26.2 Å². The molecule has 31 heavy (non-hydrogen) atoms. The molecule has 1 atom stereocenters. The summed E-state index contributed by atoms with van der Waals surface area (Å²) < 4.78 is 16.6. The number of para-hydroxylation sites is 2. The van der Waals surface area contributed by atoms with Crippen LogP contribution in [0.4, 0.5) is 10.8 Å². The van der Waals surface area contributed by atoms with Gasteiger partial charge in [0.15, 0.2) is 16.6 Å². The van der Waals surface area contributed by atoms with Crippen molar-refractivity contribution in [1.82, 2.24) is 4.98 Å². The van der Waals surface area contributed by atoms with Gasteiger partial charge in [-0.15, -0.1) is 28.3 Å². The van der Waals surface area contributed by atoms with Crippen LogP contribution in [-0.4, -0.2) is 38.7 Å². The van der Waals surface area contributed by atoms with Gasteiger partial charge in [0.25, 0.3) is 5.91 Å². The quantitative estimate of drug-likeness (QED) is 0.509. The van der Waals surface area contributed by atoms with Crippen molar-refractivity contribution in [2.45, 2.75) is 12.5 Å². The summed E-state index contributed by atoms with van der Waals surface area (Å²) in [6.07, 6.45) is 0.0621. The number of ether oxygens (including phenoxy) is 3. The number of amides is 1. The number of hydrogen-bond acceptors (Lipinski definition) is 7. The van der Waals surface area contributed by atoms with Gasteiger partial charge in [0.2, 0.25) is 6.10 Å². The molecule has 1 amide bonds. The van der Waals surface area contributed by atoms with Crippen LogP contribution in [0, 0.1) is 0 Å². The van der Waals surface area contributed by atoms with Crippen LogP contribution in [0.2, 0.25) is 0 Å². The van der Waals surface area contributed by atoms with Crippen molar-refractivity contribution < 1.29 is 19.0 Å². The summed E-state index contributed by atoms with van der Waals surface area (Å²) in [6.45, 7) is 0.699. The van der Waals surface area contributed by atoms with Crippen LogP contribution in [0.3, 0.4) is 0 Å². The minimum absolute atomic E-state index is 0. The second kappa shape index (κ2) is 10.0. The topological polar surface area (TPSA) is 72.9 Å². The number of nitrogens with one attached hydrogen (secondary N) is 1. The summed E-state index contributed by atoms with van der Waals surface area (Å²) in [6, 6.07) is 13.4. The number of rotatable bonds is 7. The predicted octanol–water partition coefficient (Wildman–Crippen LogP) is 4.49. The molecule has 164 valence electrons. The van der Waals surface area contributed by atoms with Gasteiger partial charge in [0.1, 0.15) is 11.4 Å². The van der Waals surface area contributed by atoms with Gasteiger partial charge in [-0.25, -0.2) is 4.98 Å². The van der Waals surface area contributed by atoms with E-state index >= 15 is 0 Å². The maximum atomic E-state index is 12.7. The Morgan fingerprint density at radius 1 is 1.16 bits per heavy atom. The van der Waals surface area contributed by atoms with Crippen LogP contribution in [0.15, 0.2) is 47.8 Å². The highest BCUT2D eigenvalue weighted by Crippen LogP contribution is 2.38. The minimum Gasteiger partial charge on any atom is -0.493 e. The molecule has 2 aromatic carbocycles. The Morgan fingerprint density at radius 3 is 2.71 bits per heavy atom. The van der Waals surface area contributed by atoms with Crippen molar-refractivity contribution in [2.75, 3.05) is 38.0 Å². The number of halogens is 1. The van der Waals surface area contributed by atoms with Gasteiger partial charge in [0.05, 0.1) is 19.9 Å². The Morgan fingerprint density at radius 2 is 1.94 bits per heavy atom. The summed E-state index contributed by atoms with van der Waals surface area (Å²) in [5.41, 5.74) is 2.50. The fraction of sp³-hybridized carbons (Fsp3) is 0.273. The highest BCUT2D eigenvalue weighted by Gasteiger charge is 2.34. The predicted molar refractivity (Wildman–Crippen MR) is 127 cm³/mol. The zero-order valence-corrected chi connectivity index (χ0v) is 20.0. The molecule has 0 aliphatic carbocycles. The van der Waals surface area contributed by atoms with E-state index in [0.717, 1.165) is 22.8 Å². The molecule has 9 heteroatoms. The first-order chi connectivity index (χ1) is 14.6. The highest BCUT2D eigenvalue weighted by molar-refractivity contribution is 8.93. The van der Waals surface area contributed by atoms with Crippen LogP contribution in [-0.2, 0) is 11.2 Å². The lowest BCUT2D eigenvalue weighted by atomic mass is 10.1. The largest absolute Gasteiger partial charge is 0.493 e. The Kier molecular flexibility index (Phi) is 7.40. The van der Waals surface area contributed by atoms with E-state index in [9.17, 15) is 4.79 Å². The van der Waals surface area contributed by atoms with Crippen molar-refractivity contribution in [3.63, 3.8) is 0 Å². The zero-order chi connectivity index (χ0) is 21.1. The molecule has 0 fully saturated rings. The number of methoxy groups -OCH3 is 2. The summed E-state index contributed by atoms with van der Waals surface area (Å²) in [4.78, 5) is 18.9. The standard InChI is InChI=1S/C22H23N3O4S.BrH/c1-25-16-6-4-5-7-17(16)29-20(21(25)26)15-13-30-22(24-15)23-11-10-14-8-9-18(27-2)19(12-14)28-3;/h4-9,12-13,20H,10-11H2,1-3H3,(H,23,24);1H. The molecule has 3 aromatic rings. The highest BCUT2D eigenvalue weighted by atomic mass is 79.9. The van der Waals surface area contributed by atoms with E-state index in [1.807, 2.05) is 47.8 Å². The van der Waals surface area contributed by atoms with E-state index in [4.69, 9.17) is 14.2 Å². The molecular formula is C22H24BrN3O4S. The number of carbonyl (C=O) groups excluding carboxylic acids is 1. The lowest BCUT2D eigenvalue weighted by Crippen LogP contribution is -2.38. The number of likely N-dealkylation sites (N-methyl/N-ethyl adjacent to an activating group) is 1. The molecule has 7 nitrogen and oxygen atoms in total. The fourth-order valence-electron chi connectivity index (χ4n) is 3.33. The van der Waals surface area contributed by atoms with E-state index < -0.39 is 6.10 Å². The van der Waals surface area contributed by atoms with Gasteiger partial charge >= 0.3 is 0 Å². The number of fused-ring (bicyclic) bond motifs is 1. The third-order valence-electron chi connectivity index (χ3n) is 4.95. The van der Waals surface area contributed by atoms with Crippen molar-refractivity contribution in [3.8, 4) is 17.2 Å². The Balaban J connectivity index is 0.00000272. The van der Waals surface area contributed by atoms with Crippen LogP contribution in [0.5, 0.6) is 17.2 Å². The smallest absolute Gasteiger partial charge is 0.274 e. The first kappa shape index (κ1) is 22.9. The normalized spacial score (nSPS) is 14.9. The fourth-order valence-corrected chi connectivity index (χ4v) is 4.08. The molecule has 1 unspecified atom stereocenters. The van der Waals surface area contributed by atoms with Gasteiger partial charge in [0, 0.05) is 19.0 Å². The summed E-state index contributed by atoms with van der Waals surface area (Å²) >= 11 is 1.46. The first-order valence-corrected chi connectivity index (χ1v) is 10.4. The average molecular weight is 506 g/mol. The lowest BCUT2D eigenvalue weighted by molar-refractivity contribution is -0.126. The molecule has 4 rings (SSSR count). The maximum Gasteiger partial charge on any atom is 0.274 e. The van der Waals surface area contributed by atoms with Crippen LogP contribution < -0.4 is 24.4 Å². The number of anilines is 2. The third kappa shape index (κ3) is 4.77. The first-order valence-electron chi connectivity index (χ1n) is 9.54. The zero-order valence-electron chi connectivity index (χ0n) is 17.5. The van der Waals surface area contributed by atoms with E-state index in [1.165, 1.54) is 11.3 Å². The molecule has 1 N–H and O–H groups in total. The summed E-state index contributed by atoms with van der Waals surface area (Å²) in [5, 5.41) is 5.94. The lowest BCUT2D eigenvalue weighted by Gasteiger charge is -2.31. The Labute approximate surface area is 195 Å². The van der Waals surface area contributed by atoms with Crippen molar-refractivity contribution >= 4 is 45.0 Å². The number of carbonyl (C=O) groups is 1. The van der Waals surface area contributed by atoms with E-state index in [0.29, 0.717) is 29.5 Å². The van der Waals surface area contributed by atoms with Crippen LogP contribution in [0.25, 0.3) is 0 Å². The number of benzene rings is 2. The number of thiazole rings is 1. The summed E-state index contributed by atoms with van der Waals surface area (Å²) in [7, 11) is 5.00. The molecular weight excluding hydrogens is 482 g/mol. The second-order valence-electron chi connectivity index (χ2n) is 6.81. The van der Waals surface area contributed by atoms with Gasteiger partial charge in [-0.2, -0.15) is 0 Å². The van der Waals surface area contributed by atoms with Crippen molar-refractivity contribution in [2.24, 2.45) is 0 Å². The molecule has 0 saturated carbocycles. The SMILES string of the molecule is Br.COc1ccc(CCNc2nc(C3Oc4ccccc4N(C)C3=O)cs2)cc1OC. The van der Waals surface area contributed by atoms with Gasteiger partial charge in [-0.1, -0.05) is 18.2 Å². The maximum absolute atomic E-state index is 12.7. The number of nitrogens with zero attached hydrogens (tertiary/aromatic N) is 2. The van der Waals surface area contributed by atoms with E-state index in [-0.39, 0.29) is 22.9 Å². The molecule has 0 spiro atoms. The van der Waals surface area contributed by atoms with E-state index in [2.05, 4.69) is 10.3 Å². The Bertz CT molecular complexity index is 1060. The molecule has 0 radical (unpaired) electrons. The molecule has 2 heterocycles. The second-order valence-corrected chi connectivity index (χ2v) is 7.66. The minimum atomic E-state index is -0.734.